The predicted octanol–water partition coefficient (Wildman–Crippen LogP) is -3.60. The molecule has 2 heterocycles. The molecule has 1 saturated heterocycles. The van der Waals surface area contributed by atoms with E-state index in [0.717, 1.165) is 12.3 Å². The molecule has 0 saturated carbocycles. The van der Waals surface area contributed by atoms with Crippen LogP contribution in [-0.2, 0) is 4.74 Å². The van der Waals surface area contributed by atoms with E-state index in [1.807, 2.05) is 4.98 Å². The number of rotatable bonds is 3. The van der Waals surface area contributed by atoms with E-state index >= 15 is 0 Å². The van der Waals surface area contributed by atoms with Crippen LogP contribution in [0.5, 0.6) is 0 Å². The minimum absolute atomic E-state index is 0.501. The van der Waals surface area contributed by atoms with E-state index in [2.05, 4.69) is 0 Å². The van der Waals surface area contributed by atoms with Gasteiger partial charge in [0.2, 0.25) is 0 Å². The number of H-pyrrole nitrogens is 1. The summed E-state index contributed by atoms with van der Waals surface area (Å²) in [7, 11) is 0. The second-order valence-corrected chi connectivity index (χ2v) is 3.75. The van der Waals surface area contributed by atoms with Crippen LogP contribution in [0.4, 0.5) is 0 Å². The third-order valence-electron chi connectivity index (χ3n) is 2.51. The van der Waals surface area contributed by atoms with Crippen molar-refractivity contribution in [1.82, 2.24) is 9.71 Å². The molecule has 0 radical (unpaired) electrons. The third kappa shape index (κ3) is 2.29. The summed E-state index contributed by atoms with van der Waals surface area (Å²) in [6, 6.07) is 1.04. The van der Waals surface area contributed by atoms with Crippen LogP contribution in [0.2, 0.25) is 0 Å². The van der Waals surface area contributed by atoms with Crippen molar-refractivity contribution in [3.8, 4) is 0 Å². The largest absolute Gasteiger partial charge is 0.394 e. The van der Waals surface area contributed by atoms with Crippen molar-refractivity contribution < 1.29 is 24.9 Å². The summed E-state index contributed by atoms with van der Waals surface area (Å²) in [6.45, 7) is -0.501. The summed E-state index contributed by atoms with van der Waals surface area (Å²) < 4.78 is 5.65. The van der Waals surface area contributed by atoms with Crippen molar-refractivity contribution in [3.63, 3.8) is 0 Å². The maximum absolute atomic E-state index is 11.3. The SMILES string of the molecule is O=c1ccn(O[C@H]2O[C@H](CO)[C@@H](O)[C@@H]2O)c(=O)[nH]1. The Balaban J connectivity index is 2.15. The average molecular weight is 260 g/mol. The molecule has 0 aliphatic carbocycles. The molecule has 1 aromatic heterocycles. The summed E-state index contributed by atoms with van der Waals surface area (Å²) in [6.07, 6.45) is -4.00. The van der Waals surface area contributed by atoms with Crippen LogP contribution in [0, 0.1) is 0 Å². The minimum atomic E-state index is -1.42. The maximum Gasteiger partial charge on any atom is 0.361 e. The smallest absolute Gasteiger partial charge is 0.361 e. The summed E-state index contributed by atoms with van der Waals surface area (Å²) in [5, 5.41) is 27.9. The first-order valence-corrected chi connectivity index (χ1v) is 5.14. The number of aliphatic hydroxyl groups is 3. The molecular weight excluding hydrogens is 248 g/mol. The van der Waals surface area contributed by atoms with Gasteiger partial charge in [-0.3, -0.25) is 9.78 Å². The first-order chi connectivity index (χ1) is 8.52. The van der Waals surface area contributed by atoms with Crippen molar-refractivity contribution in [1.29, 1.82) is 0 Å². The monoisotopic (exact) mass is 260 g/mol. The molecule has 9 nitrogen and oxygen atoms in total. The van der Waals surface area contributed by atoms with Gasteiger partial charge in [-0.05, 0) is 0 Å². The number of aliphatic hydroxyl groups excluding tert-OH is 3. The number of nitrogens with one attached hydrogen (secondary N) is 1. The molecule has 9 heteroatoms. The highest BCUT2D eigenvalue weighted by atomic mass is 16.8. The summed E-state index contributed by atoms with van der Waals surface area (Å²) >= 11 is 0. The molecule has 18 heavy (non-hydrogen) atoms. The summed E-state index contributed by atoms with van der Waals surface area (Å²) in [4.78, 5) is 29.0. The Labute approximate surface area is 99.8 Å². The van der Waals surface area contributed by atoms with Crippen LogP contribution < -0.4 is 16.1 Å². The first kappa shape index (κ1) is 12.8. The molecule has 0 amide bonds. The van der Waals surface area contributed by atoms with E-state index in [1.165, 1.54) is 0 Å². The van der Waals surface area contributed by atoms with E-state index in [9.17, 15) is 19.8 Å². The molecule has 1 aliphatic heterocycles. The number of aromatic amines is 1. The molecule has 1 fully saturated rings. The van der Waals surface area contributed by atoms with E-state index in [4.69, 9.17) is 14.7 Å². The fourth-order valence-corrected chi connectivity index (χ4v) is 1.55. The molecule has 0 bridgehead atoms. The third-order valence-corrected chi connectivity index (χ3v) is 2.51. The number of ether oxygens (including phenoxy) is 1. The van der Waals surface area contributed by atoms with Gasteiger partial charge >= 0.3 is 5.69 Å². The normalized spacial score (nSPS) is 31.5. The van der Waals surface area contributed by atoms with Crippen LogP contribution in [-0.4, -0.2) is 56.2 Å². The molecule has 2 rings (SSSR count). The van der Waals surface area contributed by atoms with Crippen LogP contribution in [0.3, 0.4) is 0 Å². The lowest BCUT2D eigenvalue weighted by Gasteiger charge is -2.16. The molecule has 4 atom stereocenters. The maximum atomic E-state index is 11.3. The van der Waals surface area contributed by atoms with Crippen LogP contribution >= 0.6 is 0 Å². The number of hydrogen-bond donors (Lipinski definition) is 4. The van der Waals surface area contributed by atoms with Gasteiger partial charge in [-0.1, -0.05) is 0 Å². The highest BCUT2D eigenvalue weighted by Gasteiger charge is 2.44. The van der Waals surface area contributed by atoms with Crippen molar-refractivity contribution >= 4 is 0 Å². The molecule has 1 aromatic rings. The van der Waals surface area contributed by atoms with Crippen LogP contribution in [0.25, 0.3) is 0 Å². The van der Waals surface area contributed by atoms with Gasteiger partial charge in [0, 0.05) is 6.07 Å². The van der Waals surface area contributed by atoms with Gasteiger partial charge < -0.3 is 24.9 Å². The standard InChI is InChI=1S/C9H12N2O7/c12-3-4-6(14)7(15)8(17-4)18-11-2-1-5(13)10-9(11)16/h1-2,4,6-8,12,14-15H,3H2,(H,10,13,16)/t4-,6-,7+,8-/m1/s1. The zero-order valence-corrected chi connectivity index (χ0v) is 9.09. The van der Waals surface area contributed by atoms with Crippen molar-refractivity contribution in [2.45, 2.75) is 24.6 Å². The fourth-order valence-electron chi connectivity index (χ4n) is 1.55. The average Bonchev–Trinajstić information content (AvgIpc) is 2.60. The zero-order chi connectivity index (χ0) is 13.3. The Morgan fingerprint density at radius 3 is 2.67 bits per heavy atom. The van der Waals surface area contributed by atoms with Crippen molar-refractivity contribution in [3.05, 3.63) is 33.1 Å². The topological polar surface area (TPSA) is 134 Å². The molecule has 1 aliphatic rings. The fraction of sp³-hybridized carbons (Fsp3) is 0.556. The van der Waals surface area contributed by atoms with Crippen LogP contribution in [0.15, 0.2) is 21.9 Å². The van der Waals surface area contributed by atoms with Gasteiger partial charge in [-0.15, -0.1) is 4.73 Å². The Morgan fingerprint density at radius 1 is 1.39 bits per heavy atom. The van der Waals surface area contributed by atoms with Gasteiger partial charge in [-0.2, -0.15) is 0 Å². The van der Waals surface area contributed by atoms with Gasteiger partial charge in [0.25, 0.3) is 11.8 Å². The summed E-state index contributed by atoms with van der Waals surface area (Å²) in [5.74, 6) is 0. The number of aromatic nitrogens is 2. The zero-order valence-electron chi connectivity index (χ0n) is 9.09. The van der Waals surface area contributed by atoms with Crippen LogP contribution in [0.1, 0.15) is 0 Å². The van der Waals surface area contributed by atoms with E-state index in [1.54, 1.807) is 0 Å². The van der Waals surface area contributed by atoms with E-state index < -0.39 is 42.5 Å². The lowest BCUT2D eigenvalue weighted by Crippen LogP contribution is -2.42. The van der Waals surface area contributed by atoms with Gasteiger partial charge in [0.15, 0.2) is 0 Å². The lowest BCUT2D eigenvalue weighted by molar-refractivity contribution is -0.174. The Morgan fingerprint density at radius 2 is 2.11 bits per heavy atom. The Bertz CT molecular complexity index is 524. The molecule has 0 aromatic carbocycles. The lowest BCUT2D eigenvalue weighted by atomic mass is 10.1. The Kier molecular flexibility index (Phi) is 3.48. The highest BCUT2D eigenvalue weighted by molar-refractivity contribution is 4.87. The van der Waals surface area contributed by atoms with E-state index in [0.29, 0.717) is 4.73 Å². The number of hydrogen-bond acceptors (Lipinski definition) is 7. The van der Waals surface area contributed by atoms with E-state index in [-0.39, 0.29) is 0 Å². The number of nitrogens with zero attached hydrogens (tertiary/aromatic N) is 1. The van der Waals surface area contributed by atoms with Gasteiger partial charge in [0.05, 0.1) is 12.8 Å². The molecule has 0 spiro atoms. The molecule has 0 unspecified atom stereocenters. The Hall–Kier alpha value is -1.68. The molecular formula is C9H12N2O7. The second kappa shape index (κ2) is 4.90. The van der Waals surface area contributed by atoms with Gasteiger partial charge in [0.1, 0.15) is 18.3 Å². The quantitative estimate of drug-likeness (QED) is 0.441. The minimum Gasteiger partial charge on any atom is -0.394 e. The summed E-state index contributed by atoms with van der Waals surface area (Å²) in [5.41, 5.74) is -1.44. The molecule has 100 valence electrons. The second-order valence-electron chi connectivity index (χ2n) is 3.75. The predicted molar refractivity (Wildman–Crippen MR) is 55.7 cm³/mol. The molecule has 4 N–H and O–H groups in total. The first-order valence-electron chi connectivity index (χ1n) is 5.14. The van der Waals surface area contributed by atoms with Crippen molar-refractivity contribution in [2.24, 2.45) is 0 Å². The van der Waals surface area contributed by atoms with Crippen molar-refractivity contribution in [2.75, 3.05) is 6.61 Å². The van der Waals surface area contributed by atoms with Gasteiger partial charge in [-0.25, -0.2) is 4.79 Å². The highest BCUT2D eigenvalue weighted by Crippen LogP contribution is 2.19.